The minimum absolute atomic E-state index is 0.634. The van der Waals surface area contributed by atoms with E-state index in [0.29, 0.717) is 6.04 Å². The van der Waals surface area contributed by atoms with Crippen LogP contribution in [0, 0.1) is 0 Å². The molecule has 0 aromatic heterocycles. The highest BCUT2D eigenvalue weighted by Crippen LogP contribution is 2.37. The van der Waals surface area contributed by atoms with Crippen LogP contribution >= 0.6 is 11.8 Å². The highest BCUT2D eigenvalue weighted by molar-refractivity contribution is 7.99. The zero-order valence-corrected chi connectivity index (χ0v) is 16.6. The first kappa shape index (κ1) is 17.9. The molecule has 3 heteroatoms. The Hall–Kier alpha value is -1.45. The molecule has 1 aliphatic heterocycles. The molecule has 1 aliphatic carbocycles. The molecular weight excluding hydrogens is 338 g/mol. The standard InChI is InChI=1S/C23H29NOS/c1-2-12-24(21-16-19-7-3-4-8-20(19)17-21)13-14-25-22-11-5-9-18-10-6-15-26-23(18)22/h3-5,7-9,11,21H,2,6,10,12-17H2,1H3. The van der Waals surface area contributed by atoms with Crippen LogP contribution in [0.15, 0.2) is 47.4 Å². The molecule has 2 nitrogen and oxygen atoms in total. The van der Waals surface area contributed by atoms with E-state index in [-0.39, 0.29) is 0 Å². The Bertz CT molecular complexity index is 720. The topological polar surface area (TPSA) is 12.5 Å². The van der Waals surface area contributed by atoms with Gasteiger partial charge in [-0.3, -0.25) is 4.90 Å². The molecule has 138 valence electrons. The monoisotopic (exact) mass is 367 g/mol. The van der Waals surface area contributed by atoms with Crippen LogP contribution in [0.3, 0.4) is 0 Å². The summed E-state index contributed by atoms with van der Waals surface area (Å²) < 4.78 is 6.26. The van der Waals surface area contributed by atoms with Crippen LogP contribution < -0.4 is 4.74 Å². The number of benzene rings is 2. The molecule has 26 heavy (non-hydrogen) atoms. The third kappa shape index (κ3) is 3.94. The van der Waals surface area contributed by atoms with Gasteiger partial charge in [0.1, 0.15) is 12.4 Å². The number of fused-ring (bicyclic) bond motifs is 2. The van der Waals surface area contributed by atoms with Crippen molar-refractivity contribution in [1.82, 2.24) is 4.90 Å². The molecule has 2 aromatic rings. The van der Waals surface area contributed by atoms with Gasteiger partial charge in [0.15, 0.2) is 0 Å². The van der Waals surface area contributed by atoms with Gasteiger partial charge in [-0.25, -0.2) is 0 Å². The summed E-state index contributed by atoms with van der Waals surface area (Å²) in [6, 6.07) is 16.1. The molecule has 0 spiro atoms. The molecular formula is C23H29NOS. The molecule has 2 aromatic carbocycles. The number of rotatable bonds is 7. The molecule has 0 N–H and O–H groups in total. The van der Waals surface area contributed by atoms with E-state index in [1.165, 1.54) is 59.4 Å². The Morgan fingerprint density at radius 2 is 1.77 bits per heavy atom. The molecule has 0 radical (unpaired) electrons. The van der Waals surface area contributed by atoms with Gasteiger partial charge in [-0.05, 0) is 67.2 Å². The lowest BCUT2D eigenvalue weighted by Crippen LogP contribution is -2.39. The van der Waals surface area contributed by atoms with Crippen molar-refractivity contribution in [3.63, 3.8) is 0 Å². The summed E-state index contributed by atoms with van der Waals surface area (Å²) in [4.78, 5) is 4.02. The lowest BCUT2D eigenvalue weighted by Gasteiger charge is -2.28. The summed E-state index contributed by atoms with van der Waals surface area (Å²) in [7, 11) is 0. The molecule has 0 fully saturated rings. The van der Waals surface area contributed by atoms with Crippen LogP contribution in [0.2, 0.25) is 0 Å². The van der Waals surface area contributed by atoms with Crippen molar-refractivity contribution in [3.05, 3.63) is 59.2 Å². The molecule has 0 atom stereocenters. The molecule has 0 bridgehead atoms. The lowest BCUT2D eigenvalue weighted by atomic mass is 10.1. The molecule has 0 saturated carbocycles. The fourth-order valence-corrected chi connectivity index (χ4v) is 5.42. The highest BCUT2D eigenvalue weighted by Gasteiger charge is 2.26. The Labute approximate surface area is 161 Å². The maximum absolute atomic E-state index is 6.26. The van der Waals surface area contributed by atoms with E-state index in [0.717, 1.165) is 25.4 Å². The normalized spacial score (nSPS) is 16.5. The molecule has 4 rings (SSSR count). The fraction of sp³-hybridized carbons (Fsp3) is 0.478. The first-order valence-corrected chi connectivity index (χ1v) is 11.0. The fourth-order valence-electron chi connectivity index (χ4n) is 4.30. The van der Waals surface area contributed by atoms with Crippen molar-refractivity contribution in [3.8, 4) is 5.75 Å². The second-order valence-corrected chi connectivity index (χ2v) is 8.52. The van der Waals surface area contributed by atoms with Crippen molar-refractivity contribution in [2.75, 3.05) is 25.4 Å². The summed E-state index contributed by atoms with van der Waals surface area (Å²) in [5.74, 6) is 2.31. The van der Waals surface area contributed by atoms with E-state index >= 15 is 0 Å². The average Bonchev–Trinajstić information content (AvgIpc) is 3.11. The Morgan fingerprint density at radius 1 is 1.00 bits per heavy atom. The van der Waals surface area contributed by atoms with Crippen molar-refractivity contribution in [1.29, 1.82) is 0 Å². The van der Waals surface area contributed by atoms with Crippen molar-refractivity contribution in [2.24, 2.45) is 0 Å². The van der Waals surface area contributed by atoms with Crippen molar-refractivity contribution < 1.29 is 4.74 Å². The van der Waals surface area contributed by atoms with Crippen LogP contribution in [0.1, 0.15) is 36.5 Å². The van der Waals surface area contributed by atoms with Crippen LogP contribution in [0.4, 0.5) is 0 Å². The second-order valence-electron chi connectivity index (χ2n) is 7.41. The Morgan fingerprint density at radius 3 is 2.54 bits per heavy atom. The third-order valence-corrected chi connectivity index (χ3v) is 6.83. The van der Waals surface area contributed by atoms with Crippen molar-refractivity contribution >= 4 is 11.8 Å². The first-order chi connectivity index (χ1) is 12.8. The first-order valence-electron chi connectivity index (χ1n) is 10.0. The van der Waals surface area contributed by atoms with Gasteiger partial charge >= 0.3 is 0 Å². The van der Waals surface area contributed by atoms with E-state index in [1.54, 1.807) is 0 Å². The summed E-state index contributed by atoms with van der Waals surface area (Å²) >= 11 is 1.96. The van der Waals surface area contributed by atoms with Gasteiger partial charge in [-0.2, -0.15) is 0 Å². The summed E-state index contributed by atoms with van der Waals surface area (Å²) in [5.41, 5.74) is 4.54. The van der Waals surface area contributed by atoms with Gasteiger partial charge in [-0.1, -0.05) is 43.3 Å². The van der Waals surface area contributed by atoms with Crippen LogP contribution in [0.5, 0.6) is 5.75 Å². The van der Waals surface area contributed by atoms with Crippen molar-refractivity contribution in [2.45, 2.75) is 50.0 Å². The Balaban J connectivity index is 1.37. The van der Waals surface area contributed by atoms with Crippen LogP contribution in [-0.2, 0) is 19.3 Å². The molecule has 0 saturated heterocycles. The second kappa shape index (κ2) is 8.49. The van der Waals surface area contributed by atoms with E-state index in [2.05, 4.69) is 54.3 Å². The van der Waals surface area contributed by atoms with Gasteiger partial charge < -0.3 is 4.74 Å². The predicted molar refractivity (Wildman–Crippen MR) is 110 cm³/mol. The van der Waals surface area contributed by atoms with Gasteiger partial charge in [0.2, 0.25) is 0 Å². The van der Waals surface area contributed by atoms with Gasteiger partial charge in [0.25, 0.3) is 0 Å². The molecule has 0 amide bonds. The van der Waals surface area contributed by atoms with E-state index in [9.17, 15) is 0 Å². The zero-order valence-electron chi connectivity index (χ0n) is 15.7. The minimum Gasteiger partial charge on any atom is -0.491 e. The molecule has 1 heterocycles. The number of aryl methyl sites for hydroxylation is 1. The van der Waals surface area contributed by atoms with Crippen LogP contribution in [-0.4, -0.2) is 36.4 Å². The number of thioether (sulfide) groups is 1. The number of hydrogen-bond acceptors (Lipinski definition) is 3. The smallest absolute Gasteiger partial charge is 0.133 e. The van der Waals surface area contributed by atoms with Gasteiger partial charge in [0, 0.05) is 12.6 Å². The molecule has 2 aliphatic rings. The zero-order chi connectivity index (χ0) is 17.8. The van der Waals surface area contributed by atoms with Gasteiger partial charge in [0.05, 0.1) is 4.90 Å². The average molecular weight is 368 g/mol. The summed E-state index contributed by atoms with van der Waals surface area (Å²) in [6.45, 7) is 5.23. The lowest BCUT2D eigenvalue weighted by molar-refractivity contribution is 0.161. The molecule has 0 unspecified atom stereocenters. The number of hydrogen-bond donors (Lipinski definition) is 0. The van der Waals surface area contributed by atoms with Crippen LogP contribution in [0.25, 0.3) is 0 Å². The number of nitrogens with zero attached hydrogens (tertiary/aromatic N) is 1. The van der Waals surface area contributed by atoms with Gasteiger partial charge in [-0.15, -0.1) is 11.8 Å². The summed E-state index contributed by atoms with van der Waals surface area (Å²) in [5, 5.41) is 0. The maximum Gasteiger partial charge on any atom is 0.133 e. The highest BCUT2D eigenvalue weighted by atomic mass is 32.2. The van der Waals surface area contributed by atoms with E-state index < -0.39 is 0 Å². The predicted octanol–water partition coefficient (Wildman–Crippen LogP) is 4.98. The third-order valence-electron chi connectivity index (χ3n) is 5.59. The van der Waals surface area contributed by atoms with E-state index in [1.807, 2.05) is 11.8 Å². The largest absolute Gasteiger partial charge is 0.491 e. The van der Waals surface area contributed by atoms with E-state index in [4.69, 9.17) is 4.74 Å². The number of ether oxygens (including phenoxy) is 1. The Kier molecular flexibility index (Phi) is 5.86. The SMILES string of the molecule is CCCN(CCOc1cccc2c1SCCC2)C1Cc2ccccc2C1. The summed E-state index contributed by atoms with van der Waals surface area (Å²) in [6.07, 6.45) is 6.05. The maximum atomic E-state index is 6.26. The minimum atomic E-state index is 0.634. The quantitative estimate of drug-likeness (QED) is 0.684.